The number of allylic oxidation sites excluding steroid dienone is 1. The van der Waals surface area contributed by atoms with Gasteiger partial charge in [-0.15, -0.1) is 0 Å². The number of thiazole rings is 1. The van der Waals surface area contributed by atoms with Crippen LogP contribution in [0.4, 0.5) is 15.8 Å². The fourth-order valence-electron chi connectivity index (χ4n) is 5.38. The van der Waals surface area contributed by atoms with Crippen molar-refractivity contribution in [3.63, 3.8) is 0 Å². The summed E-state index contributed by atoms with van der Waals surface area (Å²) >= 11 is 1.13. The van der Waals surface area contributed by atoms with Crippen LogP contribution in [-0.2, 0) is 9.59 Å². The van der Waals surface area contributed by atoms with Gasteiger partial charge in [0.15, 0.2) is 4.80 Å². The van der Waals surface area contributed by atoms with Gasteiger partial charge in [0.05, 0.1) is 28.6 Å². The van der Waals surface area contributed by atoms with Crippen molar-refractivity contribution < 1.29 is 14.0 Å². The Hall–Kier alpha value is -4.63. The van der Waals surface area contributed by atoms with Crippen LogP contribution in [0.15, 0.2) is 99.9 Å². The Morgan fingerprint density at radius 1 is 1.00 bits per heavy atom. The monoisotopic (exact) mass is 566 g/mol. The maximum atomic E-state index is 14.3. The number of nitrogens with one attached hydrogen (secondary N) is 1. The Morgan fingerprint density at radius 3 is 2.44 bits per heavy atom. The van der Waals surface area contributed by atoms with Gasteiger partial charge in [-0.05, 0) is 49.2 Å². The number of unbranched alkanes of at least 4 members (excludes halogenated alkanes) is 1. The van der Waals surface area contributed by atoms with E-state index in [1.807, 2.05) is 42.5 Å². The van der Waals surface area contributed by atoms with Crippen LogP contribution in [0.3, 0.4) is 0 Å². The van der Waals surface area contributed by atoms with E-state index in [4.69, 9.17) is 0 Å². The zero-order valence-corrected chi connectivity index (χ0v) is 23.4. The lowest BCUT2D eigenvalue weighted by atomic mass is 9.95. The van der Waals surface area contributed by atoms with E-state index in [0.29, 0.717) is 39.4 Å². The Kier molecular flexibility index (Phi) is 6.96. The van der Waals surface area contributed by atoms with Gasteiger partial charge >= 0.3 is 0 Å². The number of hydrogen-bond donors (Lipinski definition) is 1. The number of para-hydroxylation sites is 2. The molecule has 7 nitrogen and oxygen atoms in total. The SMILES string of the molecule is CCCCN1C(=O)/C(=c2/sc3n(c2=O)[C@@H](c2ccc(F)cc2)C(C(=O)Nc2ccccc2)=C(C)N=3)c2ccccc21. The van der Waals surface area contributed by atoms with Crippen molar-refractivity contribution in [2.24, 2.45) is 4.99 Å². The highest BCUT2D eigenvalue weighted by atomic mass is 32.1. The molecule has 3 aromatic carbocycles. The number of amides is 2. The van der Waals surface area contributed by atoms with E-state index in [-0.39, 0.29) is 16.0 Å². The maximum Gasteiger partial charge on any atom is 0.271 e. The molecule has 0 radical (unpaired) electrons. The van der Waals surface area contributed by atoms with Crippen LogP contribution in [0.1, 0.15) is 43.9 Å². The van der Waals surface area contributed by atoms with Crippen LogP contribution in [0, 0.1) is 5.82 Å². The molecule has 0 fully saturated rings. The minimum absolute atomic E-state index is 0.221. The first-order chi connectivity index (χ1) is 19.9. The Labute approximate surface area is 239 Å². The molecule has 1 N–H and O–H groups in total. The molecule has 2 aliphatic heterocycles. The van der Waals surface area contributed by atoms with E-state index in [0.717, 1.165) is 29.9 Å². The van der Waals surface area contributed by atoms with Gasteiger partial charge in [0.25, 0.3) is 17.4 Å². The predicted octanol–water partition coefficient (Wildman–Crippen LogP) is 4.53. The summed E-state index contributed by atoms with van der Waals surface area (Å²) in [6.45, 7) is 4.34. The largest absolute Gasteiger partial charge is 0.322 e. The second-order valence-electron chi connectivity index (χ2n) is 9.98. The van der Waals surface area contributed by atoms with Crippen LogP contribution >= 0.6 is 11.3 Å². The maximum absolute atomic E-state index is 14.3. The molecule has 1 aromatic heterocycles. The van der Waals surface area contributed by atoms with Gasteiger partial charge in [0, 0.05) is 17.8 Å². The fraction of sp³-hybridized carbons (Fsp3) is 0.188. The number of carbonyl (C=O) groups excluding carboxylic acids is 2. The molecular formula is C32H27FN4O3S. The number of halogens is 1. The molecule has 0 saturated carbocycles. The molecule has 0 bridgehead atoms. The van der Waals surface area contributed by atoms with Gasteiger partial charge in [-0.3, -0.25) is 19.0 Å². The number of hydrogen-bond acceptors (Lipinski definition) is 5. The molecule has 0 saturated heterocycles. The molecule has 206 valence electrons. The molecular weight excluding hydrogens is 539 g/mol. The zero-order chi connectivity index (χ0) is 28.7. The van der Waals surface area contributed by atoms with Crippen molar-refractivity contribution in [2.75, 3.05) is 16.8 Å². The van der Waals surface area contributed by atoms with Gasteiger partial charge in [-0.2, -0.15) is 0 Å². The highest BCUT2D eigenvalue weighted by Gasteiger charge is 2.36. The molecule has 4 aromatic rings. The predicted molar refractivity (Wildman–Crippen MR) is 158 cm³/mol. The van der Waals surface area contributed by atoms with Crippen molar-refractivity contribution in [3.8, 4) is 0 Å². The summed E-state index contributed by atoms with van der Waals surface area (Å²) in [6.07, 6.45) is 1.76. The molecule has 1 atom stereocenters. The number of carbonyl (C=O) groups is 2. The highest BCUT2D eigenvalue weighted by Crippen LogP contribution is 2.36. The number of nitrogens with zero attached hydrogens (tertiary/aromatic N) is 3. The number of aromatic nitrogens is 1. The van der Waals surface area contributed by atoms with E-state index in [1.54, 1.807) is 36.1 Å². The molecule has 41 heavy (non-hydrogen) atoms. The number of anilines is 2. The lowest BCUT2D eigenvalue weighted by Gasteiger charge is -2.25. The number of fused-ring (bicyclic) bond motifs is 2. The average Bonchev–Trinajstić information content (AvgIpc) is 3.44. The summed E-state index contributed by atoms with van der Waals surface area (Å²) in [5, 5.41) is 2.90. The first-order valence-corrected chi connectivity index (χ1v) is 14.3. The first-order valence-electron chi connectivity index (χ1n) is 13.5. The Bertz CT molecular complexity index is 1890. The van der Waals surface area contributed by atoms with E-state index in [1.165, 1.54) is 16.7 Å². The zero-order valence-electron chi connectivity index (χ0n) is 22.6. The van der Waals surface area contributed by atoms with Gasteiger partial charge in [0.2, 0.25) is 0 Å². The van der Waals surface area contributed by atoms with E-state index < -0.39 is 23.3 Å². The summed E-state index contributed by atoms with van der Waals surface area (Å²) in [5.41, 5.74) is 3.26. The normalized spacial score (nSPS) is 17.3. The standard InChI is InChI=1S/C32H27FN4O3S/c1-3-4-18-36-24-13-9-8-12-23(24)26(30(36)39)28-31(40)37-27(20-14-16-21(33)17-15-20)25(19(2)34-32(37)41-28)29(38)35-22-10-6-5-7-11-22/h5-17,27H,3-4,18H2,1-2H3,(H,35,38)/b28-26+/t27-/m0/s1. The second kappa shape index (κ2) is 10.7. The van der Waals surface area contributed by atoms with Crippen molar-refractivity contribution in [1.29, 1.82) is 0 Å². The molecule has 2 aliphatic rings. The molecule has 2 amide bonds. The molecule has 6 rings (SSSR count). The van der Waals surface area contributed by atoms with Crippen LogP contribution < -0.4 is 25.1 Å². The number of rotatable bonds is 6. The van der Waals surface area contributed by atoms with Crippen molar-refractivity contribution in [2.45, 2.75) is 32.7 Å². The summed E-state index contributed by atoms with van der Waals surface area (Å²) < 4.78 is 15.7. The quantitative estimate of drug-likeness (QED) is 0.372. The third-order valence-corrected chi connectivity index (χ3v) is 8.40. The minimum Gasteiger partial charge on any atom is -0.322 e. The molecule has 0 aliphatic carbocycles. The molecule has 0 unspecified atom stereocenters. The highest BCUT2D eigenvalue weighted by molar-refractivity contribution is 7.07. The molecule has 0 spiro atoms. The van der Waals surface area contributed by atoms with Crippen molar-refractivity contribution >= 4 is 40.1 Å². The van der Waals surface area contributed by atoms with Gasteiger partial charge in [-0.1, -0.05) is 73.2 Å². The number of benzene rings is 3. The summed E-state index contributed by atoms with van der Waals surface area (Å²) in [7, 11) is 0. The van der Waals surface area contributed by atoms with Gasteiger partial charge in [-0.25, -0.2) is 9.38 Å². The van der Waals surface area contributed by atoms with Crippen LogP contribution in [0.5, 0.6) is 0 Å². The van der Waals surface area contributed by atoms with Gasteiger partial charge < -0.3 is 10.2 Å². The third kappa shape index (κ3) is 4.62. The summed E-state index contributed by atoms with van der Waals surface area (Å²) in [5.74, 6) is -1.07. The molecule has 3 heterocycles. The van der Waals surface area contributed by atoms with E-state index in [2.05, 4.69) is 17.2 Å². The van der Waals surface area contributed by atoms with Crippen molar-refractivity contribution in [1.82, 2.24) is 4.57 Å². The lowest BCUT2D eigenvalue weighted by molar-refractivity contribution is -0.114. The molecule has 9 heteroatoms. The summed E-state index contributed by atoms with van der Waals surface area (Å²) in [6, 6.07) is 21.4. The first kappa shape index (κ1) is 26.6. The van der Waals surface area contributed by atoms with Crippen LogP contribution in [-0.4, -0.2) is 22.9 Å². The average molecular weight is 567 g/mol. The second-order valence-corrected chi connectivity index (χ2v) is 11.0. The minimum atomic E-state index is -0.868. The van der Waals surface area contributed by atoms with Crippen molar-refractivity contribution in [3.05, 3.63) is 127 Å². The van der Waals surface area contributed by atoms with Crippen LogP contribution in [0.2, 0.25) is 0 Å². The summed E-state index contributed by atoms with van der Waals surface area (Å²) in [4.78, 5) is 48.5. The Morgan fingerprint density at radius 2 is 1.71 bits per heavy atom. The smallest absolute Gasteiger partial charge is 0.271 e. The van der Waals surface area contributed by atoms with Gasteiger partial charge in [0.1, 0.15) is 10.3 Å². The fourth-order valence-corrected chi connectivity index (χ4v) is 6.52. The Balaban J connectivity index is 1.56. The lowest BCUT2D eigenvalue weighted by Crippen LogP contribution is -2.41. The van der Waals surface area contributed by atoms with E-state index >= 15 is 0 Å². The third-order valence-electron chi connectivity index (χ3n) is 7.34. The van der Waals surface area contributed by atoms with Crippen LogP contribution in [0.25, 0.3) is 5.57 Å². The topological polar surface area (TPSA) is 83.8 Å². The van der Waals surface area contributed by atoms with E-state index in [9.17, 15) is 18.8 Å².